The van der Waals surface area contributed by atoms with E-state index in [4.69, 9.17) is 0 Å². The van der Waals surface area contributed by atoms with Crippen LogP contribution < -0.4 is 10.6 Å². The fourth-order valence-corrected chi connectivity index (χ4v) is 5.62. The van der Waals surface area contributed by atoms with Crippen molar-refractivity contribution in [2.45, 2.75) is 70.4 Å². The van der Waals surface area contributed by atoms with Gasteiger partial charge < -0.3 is 20.6 Å². The molecule has 3 N–H and O–H groups in total. The molecule has 0 bridgehead atoms. The van der Waals surface area contributed by atoms with Crippen molar-refractivity contribution < 1.29 is 27.9 Å². The van der Waals surface area contributed by atoms with E-state index < -0.39 is 29.8 Å². The molecule has 9 heteroatoms. The standard InChI is InChI=1S/C34H40F3N3O3/c1-23(2)17-29-15-8-16-40(29)33(43)27-13-7-12-26(20-27)32(42)39-30(19-24-9-4-3-5-10-24)31(41)22-38-21-25-11-6-14-28(18-25)34(35,36)37/h3-7,9-14,18,20,23,29-31,38,41H,8,15-17,19,21-22H2,1-2H3,(H,39,42)/t29?,30-,31+/m0/s1. The average molecular weight is 596 g/mol. The van der Waals surface area contributed by atoms with Gasteiger partial charge in [0.2, 0.25) is 0 Å². The van der Waals surface area contributed by atoms with Gasteiger partial charge in [-0.1, -0.05) is 68.4 Å². The molecule has 6 nitrogen and oxygen atoms in total. The second-order valence-corrected chi connectivity index (χ2v) is 11.7. The van der Waals surface area contributed by atoms with Crippen molar-refractivity contribution in [2.24, 2.45) is 5.92 Å². The molecule has 1 aliphatic heterocycles. The zero-order chi connectivity index (χ0) is 31.0. The molecule has 0 aromatic heterocycles. The summed E-state index contributed by atoms with van der Waals surface area (Å²) in [5.74, 6) is -0.0341. The maximum absolute atomic E-state index is 13.4. The Bertz CT molecular complexity index is 1360. The predicted octanol–water partition coefficient (Wildman–Crippen LogP) is 5.85. The third-order valence-electron chi connectivity index (χ3n) is 7.77. The highest BCUT2D eigenvalue weighted by Gasteiger charge is 2.31. The number of amides is 2. The minimum absolute atomic E-state index is 0.0404. The fourth-order valence-electron chi connectivity index (χ4n) is 5.62. The first-order valence-electron chi connectivity index (χ1n) is 14.8. The molecule has 1 fully saturated rings. The van der Waals surface area contributed by atoms with E-state index in [1.165, 1.54) is 6.07 Å². The number of carbonyl (C=O) groups excluding carboxylic acids is 2. The largest absolute Gasteiger partial charge is 0.416 e. The molecule has 4 rings (SSSR count). The summed E-state index contributed by atoms with van der Waals surface area (Å²) in [5.41, 5.74) is 1.36. The molecule has 1 saturated heterocycles. The predicted molar refractivity (Wildman–Crippen MR) is 161 cm³/mol. The first kappa shape index (κ1) is 32.2. The molecule has 3 aromatic carbocycles. The number of alkyl halides is 3. The van der Waals surface area contributed by atoms with Gasteiger partial charge in [-0.15, -0.1) is 0 Å². The summed E-state index contributed by atoms with van der Waals surface area (Å²) in [4.78, 5) is 28.7. The Balaban J connectivity index is 1.44. The monoisotopic (exact) mass is 595 g/mol. The van der Waals surface area contributed by atoms with Gasteiger partial charge in [-0.05, 0) is 67.0 Å². The molecular weight excluding hydrogens is 555 g/mol. The highest BCUT2D eigenvalue weighted by molar-refractivity contribution is 6.00. The number of hydrogen-bond acceptors (Lipinski definition) is 4. The van der Waals surface area contributed by atoms with Gasteiger partial charge in [0.1, 0.15) is 0 Å². The molecule has 0 spiro atoms. The summed E-state index contributed by atoms with van der Waals surface area (Å²) >= 11 is 0. The summed E-state index contributed by atoms with van der Waals surface area (Å²) < 4.78 is 39.2. The van der Waals surface area contributed by atoms with Crippen molar-refractivity contribution in [2.75, 3.05) is 13.1 Å². The van der Waals surface area contributed by atoms with Gasteiger partial charge in [0.05, 0.1) is 17.7 Å². The summed E-state index contributed by atoms with van der Waals surface area (Å²) in [7, 11) is 0. The van der Waals surface area contributed by atoms with Crippen LogP contribution in [0.1, 0.15) is 70.5 Å². The van der Waals surface area contributed by atoms with Crippen molar-refractivity contribution in [1.82, 2.24) is 15.5 Å². The Hall–Kier alpha value is -3.69. The molecule has 230 valence electrons. The molecule has 3 atom stereocenters. The maximum atomic E-state index is 13.4. The molecular formula is C34H40F3N3O3. The van der Waals surface area contributed by atoms with E-state index in [1.54, 1.807) is 30.3 Å². The Morgan fingerprint density at radius 1 is 0.953 bits per heavy atom. The maximum Gasteiger partial charge on any atom is 0.416 e. The minimum Gasteiger partial charge on any atom is -0.390 e. The smallest absolute Gasteiger partial charge is 0.390 e. The van der Waals surface area contributed by atoms with Gasteiger partial charge in [0.25, 0.3) is 11.8 Å². The Morgan fingerprint density at radius 2 is 1.65 bits per heavy atom. The van der Waals surface area contributed by atoms with Crippen molar-refractivity contribution >= 4 is 11.8 Å². The molecule has 2 amide bonds. The molecule has 0 aliphatic carbocycles. The van der Waals surface area contributed by atoms with Crippen LogP contribution in [-0.4, -0.2) is 53.1 Å². The van der Waals surface area contributed by atoms with E-state index in [1.807, 2.05) is 35.2 Å². The number of aliphatic hydroxyl groups is 1. The minimum atomic E-state index is -4.44. The normalized spacial score (nSPS) is 16.7. The van der Waals surface area contributed by atoms with Crippen LogP contribution in [0.4, 0.5) is 13.2 Å². The van der Waals surface area contributed by atoms with Gasteiger partial charge in [0, 0.05) is 36.8 Å². The highest BCUT2D eigenvalue weighted by atomic mass is 19.4. The molecule has 1 aliphatic rings. The number of rotatable bonds is 12. The van der Waals surface area contributed by atoms with Gasteiger partial charge in [-0.25, -0.2) is 0 Å². The van der Waals surface area contributed by atoms with Crippen LogP contribution in [0.2, 0.25) is 0 Å². The van der Waals surface area contributed by atoms with Crippen LogP contribution in [0.5, 0.6) is 0 Å². The molecule has 43 heavy (non-hydrogen) atoms. The lowest BCUT2D eigenvalue weighted by atomic mass is 9.99. The second kappa shape index (κ2) is 14.7. The summed E-state index contributed by atoms with van der Waals surface area (Å²) in [6.07, 6.45) is -2.27. The molecule has 0 saturated carbocycles. The van der Waals surface area contributed by atoms with E-state index in [0.29, 0.717) is 35.6 Å². The lowest BCUT2D eigenvalue weighted by Gasteiger charge is -2.27. The number of nitrogens with one attached hydrogen (secondary N) is 2. The average Bonchev–Trinajstić information content (AvgIpc) is 3.44. The first-order valence-corrected chi connectivity index (χ1v) is 14.8. The van der Waals surface area contributed by atoms with Crippen molar-refractivity contribution in [3.8, 4) is 0 Å². The number of likely N-dealkylation sites (tertiary alicyclic amines) is 1. The topological polar surface area (TPSA) is 81.7 Å². The van der Waals surface area contributed by atoms with E-state index in [2.05, 4.69) is 24.5 Å². The summed E-state index contributed by atoms with van der Waals surface area (Å²) in [6.45, 7) is 5.15. The number of aliphatic hydroxyl groups excluding tert-OH is 1. The molecule has 3 aromatic rings. The third kappa shape index (κ3) is 9.15. The van der Waals surface area contributed by atoms with E-state index in [9.17, 15) is 27.9 Å². The van der Waals surface area contributed by atoms with Crippen LogP contribution in [0, 0.1) is 5.92 Å². The summed E-state index contributed by atoms with van der Waals surface area (Å²) in [6, 6.07) is 20.6. The van der Waals surface area contributed by atoms with Gasteiger partial charge in [-0.2, -0.15) is 13.2 Å². The quantitative estimate of drug-likeness (QED) is 0.246. The number of carbonyl (C=O) groups is 2. The number of hydrogen-bond donors (Lipinski definition) is 3. The second-order valence-electron chi connectivity index (χ2n) is 11.7. The lowest BCUT2D eigenvalue weighted by molar-refractivity contribution is -0.137. The SMILES string of the molecule is CC(C)CC1CCCN1C(=O)c1cccc(C(=O)N[C@@H](Cc2ccccc2)[C@H](O)CNCc2cccc(C(F)(F)F)c2)c1. The van der Waals surface area contributed by atoms with Crippen molar-refractivity contribution in [3.05, 3.63) is 107 Å². The van der Waals surface area contributed by atoms with Gasteiger partial charge in [0.15, 0.2) is 0 Å². The summed E-state index contributed by atoms with van der Waals surface area (Å²) in [5, 5.41) is 17.0. The van der Waals surface area contributed by atoms with Crippen LogP contribution in [0.15, 0.2) is 78.9 Å². The zero-order valence-electron chi connectivity index (χ0n) is 24.6. The number of nitrogens with zero attached hydrogens (tertiary/aromatic N) is 1. The van der Waals surface area contributed by atoms with Crippen molar-refractivity contribution in [3.63, 3.8) is 0 Å². The number of benzene rings is 3. The van der Waals surface area contributed by atoms with Gasteiger partial charge in [-0.3, -0.25) is 9.59 Å². The molecule has 1 unspecified atom stereocenters. The van der Waals surface area contributed by atoms with Crippen LogP contribution >= 0.6 is 0 Å². The van der Waals surface area contributed by atoms with Crippen LogP contribution in [0.3, 0.4) is 0 Å². The van der Waals surface area contributed by atoms with E-state index in [0.717, 1.165) is 37.0 Å². The fraction of sp³-hybridized carbons (Fsp3) is 0.412. The molecule has 1 heterocycles. The lowest BCUT2D eigenvalue weighted by Crippen LogP contribution is -2.48. The Morgan fingerprint density at radius 3 is 2.37 bits per heavy atom. The third-order valence-corrected chi connectivity index (χ3v) is 7.77. The molecule has 0 radical (unpaired) electrons. The Labute approximate surface area is 251 Å². The Kier molecular flexibility index (Phi) is 11.0. The van der Waals surface area contributed by atoms with Crippen LogP contribution in [-0.2, 0) is 19.1 Å². The van der Waals surface area contributed by atoms with E-state index in [-0.39, 0.29) is 25.0 Å². The van der Waals surface area contributed by atoms with Crippen molar-refractivity contribution in [1.29, 1.82) is 0 Å². The highest BCUT2D eigenvalue weighted by Crippen LogP contribution is 2.29. The van der Waals surface area contributed by atoms with Gasteiger partial charge >= 0.3 is 6.18 Å². The number of halogens is 3. The first-order chi connectivity index (χ1) is 20.5. The van der Waals surface area contributed by atoms with Crippen LogP contribution in [0.25, 0.3) is 0 Å². The zero-order valence-corrected chi connectivity index (χ0v) is 24.6. The van der Waals surface area contributed by atoms with E-state index >= 15 is 0 Å².